The molecular weight excluding hydrogens is 440 g/mol. The van der Waals surface area contributed by atoms with Gasteiger partial charge in [-0.3, -0.25) is 9.59 Å². The summed E-state index contributed by atoms with van der Waals surface area (Å²) in [6.07, 6.45) is 1.58. The number of fused-ring (bicyclic) bond motifs is 1. The normalized spacial score (nSPS) is 13.8. The molecule has 4 aromatic rings. The molecule has 0 radical (unpaired) electrons. The van der Waals surface area contributed by atoms with Crippen LogP contribution in [0.4, 0.5) is 17.3 Å². The largest absolute Gasteiger partial charge is 0.350 e. The predicted octanol–water partition coefficient (Wildman–Crippen LogP) is 3.68. The fourth-order valence-electron chi connectivity index (χ4n) is 3.84. The number of nitrogens with zero attached hydrogens (tertiary/aromatic N) is 4. The highest BCUT2D eigenvalue weighted by molar-refractivity contribution is 6.30. The SMILES string of the molecule is O=C(c1ccc(Cl)cc1)N1CCN(c2nc3ccccc3nc2Nc2ccc[nH]c2=O)CC1. The van der Waals surface area contributed by atoms with Gasteiger partial charge in [0.1, 0.15) is 5.69 Å². The van der Waals surface area contributed by atoms with Crippen molar-refractivity contribution < 1.29 is 4.79 Å². The Balaban J connectivity index is 1.41. The third kappa shape index (κ3) is 4.38. The molecule has 1 saturated heterocycles. The maximum absolute atomic E-state index is 12.9. The van der Waals surface area contributed by atoms with E-state index in [1.54, 1.807) is 42.6 Å². The van der Waals surface area contributed by atoms with Gasteiger partial charge in [0.15, 0.2) is 11.6 Å². The van der Waals surface area contributed by atoms with E-state index >= 15 is 0 Å². The minimum Gasteiger partial charge on any atom is -0.350 e. The van der Waals surface area contributed by atoms with Gasteiger partial charge in [-0.2, -0.15) is 0 Å². The molecule has 2 N–H and O–H groups in total. The number of carbonyl (C=O) groups excluding carboxylic acids is 1. The monoisotopic (exact) mass is 460 g/mol. The first-order chi connectivity index (χ1) is 16.1. The van der Waals surface area contributed by atoms with E-state index in [-0.39, 0.29) is 11.5 Å². The van der Waals surface area contributed by atoms with Crippen molar-refractivity contribution in [2.75, 3.05) is 36.4 Å². The summed E-state index contributed by atoms with van der Waals surface area (Å²) < 4.78 is 0. The Morgan fingerprint density at radius 1 is 0.909 bits per heavy atom. The molecule has 8 nitrogen and oxygen atoms in total. The van der Waals surface area contributed by atoms with Crippen LogP contribution in [-0.4, -0.2) is 51.9 Å². The molecule has 9 heteroatoms. The molecular formula is C24H21ClN6O2. The minimum atomic E-state index is -0.239. The summed E-state index contributed by atoms with van der Waals surface area (Å²) in [5, 5.41) is 3.74. The molecule has 0 aliphatic carbocycles. The Morgan fingerprint density at radius 2 is 1.61 bits per heavy atom. The van der Waals surface area contributed by atoms with Crippen LogP contribution in [0.2, 0.25) is 5.02 Å². The highest BCUT2D eigenvalue weighted by Gasteiger charge is 2.25. The van der Waals surface area contributed by atoms with E-state index in [1.807, 2.05) is 29.2 Å². The van der Waals surface area contributed by atoms with Gasteiger partial charge in [-0.25, -0.2) is 9.97 Å². The van der Waals surface area contributed by atoms with Crippen LogP contribution in [0.5, 0.6) is 0 Å². The number of rotatable bonds is 4. The smallest absolute Gasteiger partial charge is 0.271 e. The Bertz CT molecular complexity index is 1360. The number of aromatic amines is 1. The number of para-hydroxylation sites is 2. The van der Waals surface area contributed by atoms with E-state index in [4.69, 9.17) is 21.6 Å². The molecule has 1 aliphatic heterocycles. The molecule has 1 aliphatic rings. The van der Waals surface area contributed by atoms with E-state index in [0.717, 1.165) is 11.0 Å². The second kappa shape index (κ2) is 8.91. The van der Waals surface area contributed by atoms with E-state index in [1.165, 1.54) is 0 Å². The maximum atomic E-state index is 12.9. The molecule has 0 saturated carbocycles. The van der Waals surface area contributed by atoms with Crippen molar-refractivity contribution in [3.8, 4) is 0 Å². The average Bonchev–Trinajstić information content (AvgIpc) is 2.85. The Kier molecular flexibility index (Phi) is 5.66. The number of aromatic nitrogens is 3. The van der Waals surface area contributed by atoms with E-state index in [2.05, 4.69) is 15.2 Å². The fraction of sp³-hybridized carbons (Fsp3) is 0.167. The van der Waals surface area contributed by atoms with Gasteiger partial charge in [-0.1, -0.05) is 23.7 Å². The molecule has 0 bridgehead atoms. The van der Waals surface area contributed by atoms with Gasteiger partial charge >= 0.3 is 0 Å². The summed E-state index contributed by atoms with van der Waals surface area (Å²) in [6.45, 7) is 2.26. The first-order valence-corrected chi connectivity index (χ1v) is 11.0. The van der Waals surface area contributed by atoms with Gasteiger partial charge in [0.2, 0.25) is 0 Å². The summed E-state index contributed by atoms with van der Waals surface area (Å²) >= 11 is 5.94. The van der Waals surface area contributed by atoms with Crippen molar-refractivity contribution in [3.05, 3.63) is 87.8 Å². The molecule has 0 unspecified atom stereocenters. The van der Waals surface area contributed by atoms with Crippen LogP contribution >= 0.6 is 11.6 Å². The second-order valence-electron chi connectivity index (χ2n) is 7.71. The number of hydrogen-bond donors (Lipinski definition) is 2. The van der Waals surface area contributed by atoms with Gasteiger partial charge < -0.3 is 20.1 Å². The number of benzene rings is 2. The zero-order valence-electron chi connectivity index (χ0n) is 17.7. The number of amides is 1. The maximum Gasteiger partial charge on any atom is 0.271 e. The molecule has 33 heavy (non-hydrogen) atoms. The number of halogens is 1. The lowest BCUT2D eigenvalue weighted by molar-refractivity contribution is 0.0746. The lowest BCUT2D eigenvalue weighted by atomic mass is 10.2. The first kappa shape index (κ1) is 21.0. The number of hydrogen-bond acceptors (Lipinski definition) is 6. The number of anilines is 3. The highest BCUT2D eigenvalue weighted by Crippen LogP contribution is 2.28. The van der Waals surface area contributed by atoms with Crippen LogP contribution in [-0.2, 0) is 0 Å². The van der Waals surface area contributed by atoms with Crippen LogP contribution in [0.3, 0.4) is 0 Å². The quantitative estimate of drug-likeness (QED) is 0.482. The van der Waals surface area contributed by atoms with Gasteiger partial charge in [0, 0.05) is 43.0 Å². The van der Waals surface area contributed by atoms with Gasteiger partial charge in [0.05, 0.1) is 11.0 Å². The van der Waals surface area contributed by atoms with E-state index < -0.39 is 0 Å². The molecule has 5 rings (SSSR count). The van der Waals surface area contributed by atoms with Gasteiger partial charge in [0.25, 0.3) is 11.5 Å². The van der Waals surface area contributed by atoms with E-state index in [0.29, 0.717) is 54.1 Å². The molecule has 0 spiro atoms. The highest BCUT2D eigenvalue weighted by atomic mass is 35.5. The van der Waals surface area contributed by atoms with Crippen molar-refractivity contribution in [1.82, 2.24) is 19.9 Å². The zero-order chi connectivity index (χ0) is 22.8. The average molecular weight is 461 g/mol. The van der Waals surface area contributed by atoms with Gasteiger partial charge in [-0.05, 0) is 48.5 Å². The van der Waals surface area contributed by atoms with Crippen molar-refractivity contribution in [1.29, 1.82) is 0 Å². The number of H-pyrrole nitrogens is 1. The summed E-state index contributed by atoms with van der Waals surface area (Å²) in [5.41, 5.74) is 2.26. The van der Waals surface area contributed by atoms with Crippen molar-refractivity contribution in [2.24, 2.45) is 0 Å². The van der Waals surface area contributed by atoms with Crippen molar-refractivity contribution in [2.45, 2.75) is 0 Å². The van der Waals surface area contributed by atoms with E-state index in [9.17, 15) is 9.59 Å². The minimum absolute atomic E-state index is 0.0231. The number of carbonyl (C=O) groups is 1. The Morgan fingerprint density at radius 3 is 2.30 bits per heavy atom. The van der Waals surface area contributed by atoms with Crippen LogP contribution in [0.15, 0.2) is 71.7 Å². The fourth-order valence-corrected chi connectivity index (χ4v) is 3.97. The van der Waals surface area contributed by atoms with Crippen molar-refractivity contribution in [3.63, 3.8) is 0 Å². The third-order valence-corrected chi connectivity index (χ3v) is 5.83. The van der Waals surface area contributed by atoms with Crippen LogP contribution in [0, 0.1) is 0 Å². The third-order valence-electron chi connectivity index (χ3n) is 5.58. The lowest BCUT2D eigenvalue weighted by Crippen LogP contribution is -2.49. The summed E-state index contributed by atoms with van der Waals surface area (Å²) in [4.78, 5) is 41.2. The van der Waals surface area contributed by atoms with Crippen LogP contribution in [0.25, 0.3) is 11.0 Å². The Labute approximate surface area is 194 Å². The van der Waals surface area contributed by atoms with Crippen molar-refractivity contribution >= 4 is 45.9 Å². The second-order valence-corrected chi connectivity index (χ2v) is 8.15. The lowest BCUT2D eigenvalue weighted by Gasteiger charge is -2.36. The molecule has 1 amide bonds. The molecule has 0 atom stereocenters. The molecule has 3 heterocycles. The Hall–Kier alpha value is -3.91. The zero-order valence-corrected chi connectivity index (χ0v) is 18.4. The number of piperazine rings is 1. The number of pyridine rings is 1. The summed E-state index contributed by atoms with van der Waals surface area (Å²) in [6, 6.07) is 18.0. The first-order valence-electron chi connectivity index (χ1n) is 10.6. The topological polar surface area (TPSA) is 94.2 Å². The summed E-state index contributed by atoms with van der Waals surface area (Å²) in [7, 11) is 0. The molecule has 2 aromatic carbocycles. The van der Waals surface area contributed by atoms with Crippen LogP contribution < -0.4 is 15.8 Å². The molecule has 1 fully saturated rings. The number of nitrogens with one attached hydrogen (secondary N) is 2. The van der Waals surface area contributed by atoms with Gasteiger partial charge in [-0.15, -0.1) is 0 Å². The van der Waals surface area contributed by atoms with Crippen LogP contribution in [0.1, 0.15) is 10.4 Å². The standard InChI is InChI=1S/C24H21ClN6O2/c25-17-9-7-16(8-10-17)24(33)31-14-12-30(13-15-31)22-21(28-20-6-3-11-26-23(20)32)27-18-4-1-2-5-19(18)29-22/h1-11H,12-15H2,(H,26,32)(H,27,28). The molecule has 2 aromatic heterocycles. The predicted molar refractivity (Wildman–Crippen MR) is 129 cm³/mol. The summed E-state index contributed by atoms with van der Waals surface area (Å²) in [5.74, 6) is 1.13. The molecule has 166 valence electrons.